The lowest BCUT2D eigenvalue weighted by Crippen LogP contribution is -2.44. The van der Waals surface area contributed by atoms with Crippen molar-refractivity contribution in [3.8, 4) is 0 Å². The van der Waals surface area contributed by atoms with Gasteiger partial charge in [-0.15, -0.1) is 0 Å². The van der Waals surface area contributed by atoms with E-state index in [2.05, 4.69) is 102 Å². The van der Waals surface area contributed by atoms with Crippen LogP contribution >= 0.6 is 15.8 Å². The molecule has 4 heterocycles. The van der Waals surface area contributed by atoms with Gasteiger partial charge in [0.1, 0.15) is 0 Å². The summed E-state index contributed by atoms with van der Waals surface area (Å²) in [7, 11) is -0.634. The summed E-state index contributed by atoms with van der Waals surface area (Å²) in [6.45, 7) is 14.5. The van der Waals surface area contributed by atoms with Crippen LogP contribution in [0.5, 0.6) is 0 Å². The first-order valence-electron chi connectivity index (χ1n) is 13.4. The second kappa shape index (κ2) is 9.41. The second-order valence-corrected chi connectivity index (χ2v) is 19.1. The molecule has 36 heavy (non-hydrogen) atoms. The second-order valence-electron chi connectivity index (χ2n) is 12.7. The van der Waals surface area contributed by atoms with Gasteiger partial charge in [0.15, 0.2) is 12.6 Å². The van der Waals surface area contributed by atoms with Crippen molar-refractivity contribution in [2.24, 2.45) is 0 Å². The van der Waals surface area contributed by atoms with Crippen LogP contribution in [-0.4, -0.2) is 58.4 Å². The summed E-state index contributed by atoms with van der Waals surface area (Å²) in [5.41, 5.74) is 3.16. The molecular formula is C30H40O4P2. The normalized spacial score (nSPS) is 40.4. The van der Waals surface area contributed by atoms with Crippen LogP contribution in [0, 0.1) is 0 Å². The van der Waals surface area contributed by atoms with Gasteiger partial charge < -0.3 is 18.9 Å². The van der Waals surface area contributed by atoms with E-state index >= 15 is 0 Å². The molecule has 0 aliphatic carbocycles. The summed E-state index contributed by atoms with van der Waals surface area (Å²) in [5, 5.41) is 0.461. The monoisotopic (exact) mass is 526 g/mol. The Morgan fingerprint density at radius 3 is 1.25 bits per heavy atom. The van der Waals surface area contributed by atoms with E-state index in [0.717, 1.165) is 23.5 Å². The largest absolute Gasteiger partial charge is 0.342 e. The number of hydrogen-bond acceptors (Lipinski definition) is 4. The SMILES string of the molecule is CC(C)(C)[P@]1C[C@H]2OC(c3ccccc3)O[C@@H]2[C@@H]1[C@H]1[C@H]2OC(c3ccccc3)O[C@@H]2C[P@@]1C(C)(C)C. The maximum atomic E-state index is 6.85. The van der Waals surface area contributed by atoms with Crippen LogP contribution in [0.3, 0.4) is 0 Å². The minimum atomic E-state index is -0.317. The zero-order valence-electron chi connectivity index (χ0n) is 22.3. The van der Waals surface area contributed by atoms with E-state index in [-0.39, 0.29) is 63.2 Å². The predicted octanol–water partition coefficient (Wildman–Crippen LogP) is 7.28. The molecule has 4 aliphatic heterocycles. The summed E-state index contributed by atoms with van der Waals surface area (Å²) >= 11 is 0. The fraction of sp³-hybridized carbons (Fsp3) is 0.600. The van der Waals surface area contributed by atoms with E-state index in [1.54, 1.807) is 0 Å². The Labute approximate surface area is 218 Å². The highest BCUT2D eigenvalue weighted by molar-refractivity contribution is 7.65. The Bertz CT molecular complexity index is 965. The molecule has 0 bridgehead atoms. The maximum Gasteiger partial charge on any atom is 0.184 e. The molecule has 0 spiro atoms. The Morgan fingerprint density at radius 2 is 0.917 bits per heavy atom. The van der Waals surface area contributed by atoms with Gasteiger partial charge in [-0.3, -0.25) is 0 Å². The van der Waals surface area contributed by atoms with Gasteiger partial charge in [-0.25, -0.2) is 0 Å². The highest BCUT2D eigenvalue weighted by atomic mass is 31.1. The molecule has 0 N–H and O–H groups in total. The van der Waals surface area contributed by atoms with Crippen LogP contribution < -0.4 is 0 Å². The molecule has 194 valence electrons. The van der Waals surface area contributed by atoms with E-state index < -0.39 is 0 Å². The third-order valence-corrected chi connectivity index (χ3v) is 16.1. The first-order valence-corrected chi connectivity index (χ1v) is 16.6. The third kappa shape index (κ3) is 4.51. The zero-order chi connectivity index (χ0) is 25.2. The van der Waals surface area contributed by atoms with Crippen molar-refractivity contribution in [1.29, 1.82) is 0 Å². The summed E-state index contributed by atoms with van der Waals surface area (Å²) in [6, 6.07) is 20.9. The quantitative estimate of drug-likeness (QED) is 0.394. The van der Waals surface area contributed by atoms with Crippen molar-refractivity contribution in [2.45, 2.75) is 100 Å². The third-order valence-electron chi connectivity index (χ3n) is 8.25. The minimum Gasteiger partial charge on any atom is -0.342 e. The van der Waals surface area contributed by atoms with Crippen molar-refractivity contribution in [3.63, 3.8) is 0 Å². The van der Waals surface area contributed by atoms with Gasteiger partial charge in [-0.2, -0.15) is 0 Å². The lowest BCUT2D eigenvalue weighted by atomic mass is 10.0. The van der Waals surface area contributed by atoms with Crippen LogP contribution in [0.25, 0.3) is 0 Å². The summed E-state index contributed by atoms with van der Waals surface area (Å²) in [6.07, 6.45) is 2.26. The van der Waals surface area contributed by atoms with Gasteiger partial charge in [0.05, 0.1) is 24.4 Å². The van der Waals surface area contributed by atoms with Crippen molar-refractivity contribution in [2.75, 3.05) is 12.3 Å². The number of benzene rings is 2. The number of rotatable bonds is 3. The van der Waals surface area contributed by atoms with E-state index in [0.29, 0.717) is 11.3 Å². The van der Waals surface area contributed by atoms with Gasteiger partial charge in [0.2, 0.25) is 0 Å². The van der Waals surface area contributed by atoms with Crippen LogP contribution in [0.15, 0.2) is 60.7 Å². The molecule has 2 unspecified atom stereocenters. The van der Waals surface area contributed by atoms with Crippen LogP contribution in [0.4, 0.5) is 0 Å². The fourth-order valence-electron chi connectivity index (χ4n) is 6.61. The van der Waals surface area contributed by atoms with Crippen molar-refractivity contribution < 1.29 is 18.9 Å². The minimum absolute atomic E-state index is 0.121. The first kappa shape index (κ1) is 25.4. The molecule has 0 saturated carbocycles. The van der Waals surface area contributed by atoms with Crippen molar-refractivity contribution >= 4 is 15.8 Å². The van der Waals surface area contributed by atoms with E-state index in [1.807, 2.05) is 0 Å². The number of ether oxygens (including phenoxy) is 4. The molecule has 4 fully saturated rings. The Hall–Kier alpha value is -0.860. The average Bonchev–Trinajstić information content (AvgIpc) is 3.58. The van der Waals surface area contributed by atoms with Gasteiger partial charge >= 0.3 is 0 Å². The molecule has 0 aromatic heterocycles. The van der Waals surface area contributed by atoms with E-state index in [4.69, 9.17) is 18.9 Å². The molecule has 4 saturated heterocycles. The molecule has 2 aromatic carbocycles. The topological polar surface area (TPSA) is 36.9 Å². The van der Waals surface area contributed by atoms with E-state index in [1.165, 1.54) is 0 Å². The van der Waals surface area contributed by atoms with Gasteiger partial charge in [0, 0.05) is 22.4 Å². The van der Waals surface area contributed by atoms with Gasteiger partial charge in [-0.05, 0) is 22.6 Å². The highest BCUT2D eigenvalue weighted by Crippen LogP contribution is 2.73. The summed E-state index contributed by atoms with van der Waals surface area (Å²) in [4.78, 5) is 0. The summed E-state index contributed by atoms with van der Waals surface area (Å²) < 4.78 is 27.0. The Balaban J connectivity index is 1.34. The molecule has 0 radical (unpaired) electrons. The van der Waals surface area contributed by atoms with Crippen LogP contribution in [0.1, 0.15) is 65.2 Å². The first-order chi connectivity index (χ1) is 17.1. The fourth-order valence-corrected chi connectivity index (χ4v) is 14.6. The molecule has 6 rings (SSSR count). The molecule has 6 heteroatoms. The Kier molecular flexibility index (Phi) is 6.64. The standard InChI is InChI=1S/C30H40O4P2/c1-29(2,3)35-17-21-23(33-27(31-21)19-13-9-7-10-14-19)25(35)26-24-22(18-36(26)30(4,5)6)32-28(34-24)20-15-11-8-12-16-20/h7-16,21-28H,17-18H2,1-6H3/t21-,22-,23+,24+,25-,26-,27?,28?,35-,36-/m1/s1. The average molecular weight is 527 g/mol. The Morgan fingerprint density at radius 1 is 0.556 bits per heavy atom. The zero-order valence-corrected chi connectivity index (χ0v) is 24.1. The summed E-state index contributed by atoms with van der Waals surface area (Å²) in [5.74, 6) is 0. The number of fused-ring (bicyclic) bond motifs is 2. The van der Waals surface area contributed by atoms with Crippen LogP contribution in [0.2, 0.25) is 0 Å². The van der Waals surface area contributed by atoms with Crippen LogP contribution in [-0.2, 0) is 18.9 Å². The maximum absolute atomic E-state index is 6.85. The smallest absolute Gasteiger partial charge is 0.184 e. The highest BCUT2D eigenvalue weighted by Gasteiger charge is 2.64. The van der Waals surface area contributed by atoms with Crippen molar-refractivity contribution in [3.05, 3.63) is 71.8 Å². The lowest BCUT2D eigenvalue weighted by Gasteiger charge is -2.44. The van der Waals surface area contributed by atoms with Gasteiger partial charge in [-0.1, -0.05) is 118 Å². The molecule has 2 aromatic rings. The predicted molar refractivity (Wildman–Crippen MR) is 149 cm³/mol. The molecular weight excluding hydrogens is 486 g/mol. The lowest BCUT2D eigenvalue weighted by molar-refractivity contribution is -0.0755. The molecule has 4 aliphatic rings. The van der Waals surface area contributed by atoms with Crippen molar-refractivity contribution in [1.82, 2.24) is 0 Å². The van der Waals surface area contributed by atoms with Gasteiger partial charge in [0.25, 0.3) is 0 Å². The number of hydrogen-bond donors (Lipinski definition) is 0. The molecule has 4 nitrogen and oxygen atoms in total. The molecule has 0 amide bonds. The molecule has 10 atom stereocenters. The van der Waals surface area contributed by atoms with E-state index in [9.17, 15) is 0 Å².